The molecule has 28 heavy (non-hydrogen) atoms. The van der Waals surface area contributed by atoms with E-state index in [0.717, 1.165) is 42.8 Å². The summed E-state index contributed by atoms with van der Waals surface area (Å²) in [5, 5.41) is 3.77. The standard InChI is InChI=1S/C20H21ClN6O/c21-14-3-1-2-12(6-14)8-22-20(28)15-7-13-4-5-27(9-16(13)15)19-17-18(24-10-23-17)25-11-26-19/h1-3,6,10-11,13,15-16H,4-5,7-9H2,(H,22,28)(H,23,24,25,26)/t13-,15-,16-/m1/s1. The quantitative estimate of drug-likeness (QED) is 0.708. The highest BCUT2D eigenvalue weighted by Crippen LogP contribution is 2.46. The molecule has 3 aromatic rings. The van der Waals surface area contributed by atoms with Crippen LogP contribution in [0.3, 0.4) is 0 Å². The number of carbonyl (C=O) groups is 1. The van der Waals surface area contributed by atoms with Crippen LogP contribution in [-0.2, 0) is 11.3 Å². The molecule has 5 rings (SSSR count). The third-order valence-electron chi connectivity index (χ3n) is 6.08. The molecule has 1 aliphatic heterocycles. The lowest BCUT2D eigenvalue weighted by Gasteiger charge is -2.50. The topological polar surface area (TPSA) is 86.8 Å². The molecule has 0 spiro atoms. The molecule has 2 aromatic heterocycles. The zero-order valence-corrected chi connectivity index (χ0v) is 16.1. The van der Waals surface area contributed by atoms with Gasteiger partial charge in [-0.15, -0.1) is 0 Å². The van der Waals surface area contributed by atoms with Crippen LogP contribution in [0.15, 0.2) is 36.9 Å². The van der Waals surface area contributed by atoms with E-state index in [2.05, 4.69) is 30.2 Å². The van der Waals surface area contributed by atoms with Gasteiger partial charge in [0, 0.05) is 30.6 Å². The van der Waals surface area contributed by atoms with E-state index in [1.165, 1.54) is 0 Å². The van der Waals surface area contributed by atoms with Crippen molar-refractivity contribution >= 4 is 34.5 Å². The molecule has 3 atom stereocenters. The highest BCUT2D eigenvalue weighted by molar-refractivity contribution is 6.30. The second-order valence-corrected chi connectivity index (χ2v) is 8.08. The monoisotopic (exact) mass is 396 g/mol. The number of amides is 1. The minimum absolute atomic E-state index is 0.0612. The zero-order chi connectivity index (χ0) is 19.1. The van der Waals surface area contributed by atoms with Gasteiger partial charge in [0.15, 0.2) is 11.5 Å². The number of halogens is 1. The van der Waals surface area contributed by atoms with Crippen LogP contribution < -0.4 is 10.2 Å². The molecule has 0 radical (unpaired) electrons. The number of aromatic amines is 1. The number of carbonyl (C=O) groups excluding carboxylic acids is 1. The summed E-state index contributed by atoms with van der Waals surface area (Å²) in [5.74, 6) is 2.06. The van der Waals surface area contributed by atoms with Crippen LogP contribution in [0.4, 0.5) is 5.82 Å². The van der Waals surface area contributed by atoms with E-state index in [4.69, 9.17) is 11.6 Å². The van der Waals surface area contributed by atoms with Crippen molar-refractivity contribution in [2.75, 3.05) is 18.0 Å². The van der Waals surface area contributed by atoms with Crippen LogP contribution in [0.25, 0.3) is 11.2 Å². The predicted molar refractivity (Wildman–Crippen MR) is 107 cm³/mol. The first-order chi connectivity index (χ1) is 13.7. The largest absolute Gasteiger partial charge is 0.354 e. The van der Waals surface area contributed by atoms with Gasteiger partial charge in [0.2, 0.25) is 5.91 Å². The van der Waals surface area contributed by atoms with Crippen molar-refractivity contribution in [2.24, 2.45) is 17.8 Å². The Balaban J connectivity index is 1.25. The second-order valence-electron chi connectivity index (χ2n) is 7.65. The Kier molecular flexibility index (Phi) is 4.39. The van der Waals surface area contributed by atoms with Gasteiger partial charge in [-0.1, -0.05) is 23.7 Å². The maximum absolute atomic E-state index is 12.7. The summed E-state index contributed by atoms with van der Waals surface area (Å²) in [5.41, 5.74) is 2.56. The van der Waals surface area contributed by atoms with Crippen molar-refractivity contribution < 1.29 is 4.79 Å². The van der Waals surface area contributed by atoms with E-state index in [0.29, 0.717) is 29.1 Å². The summed E-state index contributed by atoms with van der Waals surface area (Å²) in [6.07, 6.45) is 5.26. The fourth-order valence-electron chi connectivity index (χ4n) is 4.54. The number of nitrogens with one attached hydrogen (secondary N) is 2. The summed E-state index contributed by atoms with van der Waals surface area (Å²) < 4.78 is 0. The Morgan fingerprint density at radius 1 is 1.32 bits per heavy atom. The van der Waals surface area contributed by atoms with Gasteiger partial charge in [0.25, 0.3) is 0 Å². The van der Waals surface area contributed by atoms with E-state index >= 15 is 0 Å². The lowest BCUT2D eigenvalue weighted by Crippen LogP contribution is -2.55. The summed E-state index contributed by atoms with van der Waals surface area (Å²) in [7, 11) is 0. The van der Waals surface area contributed by atoms with Crippen molar-refractivity contribution in [3.05, 3.63) is 47.5 Å². The molecule has 144 valence electrons. The van der Waals surface area contributed by atoms with Gasteiger partial charge in [-0.25, -0.2) is 15.0 Å². The fraction of sp³-hybridized carbons (Fsp3) is 0.400. The number of hydrogen-bond donors (Lipinski definition) is 2. The van der Waals surface area contributed by atoms with Crippen LogP contribution in [-0.4, -0.2) is 38.9 Å². The number of rotatable bonds is 4. The number of piperidine rings is 1. The lowest BCUT2D eigenvalue weighted by atomic mass is 9.61. The Morgan fingerprint density at radius 2 is 2.25 bits per heavy atom. The minimum Gasteiger partial charge on any atom is -0.354 e. The van der Waals surface area contributed by atoms with Gasteiger partial charge < -0.3 is 15.2 Å². The molecule has 1 aliphatic carbocycles. The van der Waals surface area contributed by atoms with Gasteiger partial charge in [0.1, 0.15) is 11.8 Å². The average Bonchev–Trinajstić information content (AvgIpc) is 3.16. The van der Waals surface area contributed by atoms with Crippen LogP contribution in [0.1, 0.15) is 18.4 Å². The molecule has 3 heterocycles. The summed E-state index contributed by atoms with van der Waals surface area (Å²) in [6.45, 7) is 2.30. The Labute approximate surface area is 167 Å². The molecule has 1 amide bonds. The fourth-order valence-corrected chi connectivity index (χ4v) is 4.75. The van der Waals surface area contributed by atoms with Crippen LogP contribution in [0.2, 0.25) is 5.02 Å². The molecule has 0 bridgehead atoms. The molecule has 2 aliphatic rings. The number of nitrogens with zero attached hydrogens (tertiary/aromatic N) is 4. The summed E-state index contributed by atoms with van der Waals surface area (Å²) >= 11 is 6.02. The van der Waals surface area contributed by atoms with Gasteiger partial charge in [0.05, 0.1) is 6.33 Å². The van der Waals surface area contributed by atoms with Crippen molar-refractivity contribution in [2.45, 2.75) is 19.4 Å². The molecule has 8 heteroatoms. The van der Waals surface area contributed by atoms with E-state index in [-0.39, 0.29) is 11.8 Å². The average molecular weight is 397 g/mol. The van der Waals surface area contributed by atoms with Crippen molar-refractivity contribution in [3.63, 3.8) is 0 Å². The number of anilines is 1. The predicted octanol–water partition coefficient (Wildman–Crippen LogP) is 2.79. The summed E-state index contributed by atoms with van der Waals surface area (Å²) in [6, 6.07) is 7.60. The van der Waals surface area contributed by atoms with Gasteiger partial charge in [-0.2, -0.15) is 0 Å². The first-order valence-corrected chi connectivity index (χ1v) is 9.98. The van der Waals surface area contributed by atoms with E-state index < -0.39 is 0 Å². The third-order valence-corrected chi connectivity index (χ3v) is 6.31. The summed E-state index contributed by atoms with van der Waals surface area (Å²) in [4.78, 5) is 31.0. The number of fused-ring (bicyclic) bond motifs is 2. The molecule has 1 aromatic carbocycles. The van der Waals surface area contributed by atoms with Gasteiger partial charge in [-0.3, -0.25) is 4.79 Å². The maximum atomic E-state index is 12.7. The Hall–Kier alpha value is -2.67. The normalized spacial score (nSPS) is 23.9. The van der Waals surface area contributed by atoms with E-state index in [9.17, 15) is 4.79 Å². The molecule has 2 N–H and O–H groups in total. The smallest absolute Gasteiger partial charge is 0.223 e. The number of imidazole rings is 1. The number of hydrogen-bond acceptors (Lipinski definition) is 5. The molecule has 1 saturated carbocycles. The SMILES string of the molecule is O=C(NCc1cccc(Cl)c1)[C@@H]1C[C@H]2CCN(c3ncnc4nc[nH]c34)C[C@H]21. The van der Waals surface area contributed by atoms with Gasteiger partial charge in [-0.05, 0) is 42.4 Å². The molecular weight excluding hydrogens is 376 g/mol. The van der Waals surface area contributed by atoms with E-state index in [1.54, 1.807) is 12.7 Å². The maximum Gasteiger partial charge on any atom is 0.223 e. The molecular formula is C20H21ClN6O. The molecule has 1 saturated heterocycles. The van der Waals surface area contributed by atoms with E-state index in [1.807, 2.05) is 24.3 Å². The number of H-pyrrole nitrogens is 1. The number of benzene rings is 1. The highest BCUT2D eigenvalue weighted by Gasteiger charge is 2.47. The lowest BCUT2D eigenvalue weighted by molar-refractivity contribution is -0.134. The Bertz CT molecular complexity index is 1020. The Morgan fingerprint density at radius 3 is 3.14 bits per heavy atom. The van der Waals surface area contributed by atoms with Crippen molar-refractivity contribution in [3.8, 4) is 0 Å². The van der Waals surface area contributed by atoms with Crippen molar-refractivity contribution in [1.82, 2.24) is 25.3 Å². The third kappa shape index (κ3) is 3.09. The first kappa shape index (κ1) is 17.4. The number of aromatic nitrogens is 4. The van der Waals surface area contributed by atoms with Crippen molar-refractivity contribution in [1.29, 1.82) is 0 Å². The van der Waals surface area contributed by atoms with Crippen LogP contribution in [0, 0.1) is 17.8 Å². The molecule has 7 nitrogen and oxygen atoms in total. The highest BCUT2D eigenvalue weighted by atomic mass is 35.5. The molecule has 0 unspecified atom stereocenters. The second kappa shape index (κ2) is 7.05. The van der Waals surface area contributed by atoms with Crippen LogP contribution >= 0.6 is 11.6 Å². The molecule has 2 fully saturated rings. The zero-order valence-electron chi connectivity index (χ0n) is 15.3. The minimum atomic E-state index is 0.0612. The van der Waals surface area contributed by atoms with Gasteiger partial charge >= 0.3 is 0 Å². The first-order valence-electron chi connectivity index (χ1n) is 9.60. The van der Waals surface area contributed by atoms with Crippen LogP contribution in [0.5, 0.6) is 0 Å².